The summed E-state index contributed by atoms with van der Waals surface area (Å²) in [5.74, 6) is -1.42. The summed E-state index contributed by atoms with van der Waals surface area (Å²) in [6.45, 7) is 4.38. The molecule has 5 heteroatoms. The minimum absolute atomic E-state index is 0. The van der Waals surface area contributed by atoms with E-state index >= 15 is 0 Å². The first-order valence-corrected chi connectivity index (χ1v) is 4.63. The first-order chi connectivity index (χ1) is 7.40. The Kier molecular flexibility index (Phi) is 4.49. The number of hydrogen-bond acceptors (Lipinski definition) is 2. The minimum Gasteiger partial charge on any atom is -0.660 e. The molecule has 0 aliphatic carbocycles. The van der Waals surface area contributed by atoms with Gasteiger partial charge in [0.2, 0.25) is 5.85 Å². The van der Waals surface area contributed by atoms with E-state index in [-0.39, 0.29) is 63.2 Å². The molecule has 2 radical (unpaired) electrons. The molecule has 1 saturated heterocycles. The van der Waals surface area contributed by atoms with E-state index in [9.17, 15) is 4.39 Å². The second-order valence-corrected chi connectivity index (χ2v) is 3.74. The van der Waals surface area contributed by atoms with Crippen molar-refractivity contribution in [3.63, 3.8) is 0 Å². The van der Waals surface area contributed by atoms with Crippen LogP contribution in [-0.4, -0.2) is 19.8 Å². The number of ether oxygens (including phenoxy) is 2. The quantitative estimate of drug-likeness (QED) is 0.364. The molecule has 2 rings (SSSR count). The first-order valence-electron chi connectivity index (χ1n) is 5.13. The van der Waals surface area contributed by atoms with Crippen LogP contribution in [-0.2, 0) is 4.74 Å². The molecule has 1 aromatic rings. The van der Waals surface area contributed by atoms with E-state index < -0.39 is 12.0 Å². The molecule has 2 atom stereocenters. The minimum atomic E-state index is -1.65. The van der Waals surface area contributed by atoms with Crippen LogP contribution >= 0.6 is 0 Å². The number of benzene rings is 1. The van der Waals surface area contributed by atoms with Crippen LogP contribution in [0.25, 0.3) is 0 Å². The summed E-state index contributed by atoms with van der Waals surface area (Å²) in [6.07, 6.45) is -0.687. The third-order valence-electron chi connectivity index (χ3n) is 2.19. The molecule has 0 bridgehead atoms. The molecular formula is C11H11BFKO2. The van der Waals surface area contributed by atoms with Crippen molar-refractivity contribution >= 4 is 13.3 Å². The second-order valence-electron chi connectivity index (χ2n) is 3.74. The van der Waals surface area contributed by atoms with Crippen LogP contribution < -0.4 is 61.6 Å². The largest absolute Gasteiger partial charge is 1.00 e. The maximum atomic E-state index is 13.0. The number of hydrogen-bond donors (Lipinski definition) is 0. The average molecular weight is 245 g/mol. The van der Waals surface area contributed by atoms with Crippen LogP contribution in [0.5, 0.6) is 5.75 Å². The van der Waals surface area contributed by atoms with Gasteiger partial charge in [0.25, 0.3) is 0 Å². The van der Waals surface area contributed by atoms with E-state index in [1.807, 2.05) is 6.92 Å². The number of aryl methyl sites for hydroxylation is 1. The number of rotatable bonds is 3. The fourth-order valence-electron chi connectivity index (χ4n) is 1.21. The molecule has 0 saturated carbocycles. The summed E-state index contributed by atoms with van der Waals surface area (Å²) in [5, 5.41) is 0. The fourth-order valence-corrected chi connectivity index (χ4v) is 1.21. The van der Waals surface area contributed by atoms with E-state index in [1.165, 1.54) is 13.5 Å². The zero-order valence-electron chi connectivity index (χ0n) is 10.6. The van der Waals surface area contributed by atoms with Gasteiger partial charge in [-0.25, -0.2) is 4.39 Å². The number of halogens is 1. The number of alkyl halides is 1. The monoisotopic (exact) mass is 245 g/mol. The summed E-state index contributed by atoms with van der Waals surface area (Å²) in [6, 6.07) is 3.50. The van der Waals surface area contributed by atoms with Gasteiger partial charge < -0.3 is 9.47 Å². The van der Waals surface area contributed by atoms with Crippen LogP contribution in [0.4, 0.5) is 4.39 Å². The topological polar surface area (TPSA) is 21.8 Å². The van der Waals surface area contributed by atoms with Crippen LogP contribution in [0.1, 0.15) is 13.9 Å². The zero-order valence-corrected chi connectivity index (χ0v) is 12.7. The van der Waals surface area contributed by atoms with Crippen molar-refractivity contribution in [3.05, 3.63) is 30.3 Å². The van der Waals surface area contributed by atoms with Gasteiger partial charge in [-0.2, -0.15) is 0 Å². The molecule has 1 heterocycles. The molecule has 1 aliphatic rings. The van der Waals surface area contributed by atoms with Crippen molar-refractivity contribution in [2.24, 2.45) is 0 Å². The van der Waals surface area contributed by atoms with Crippen molar-refractivity contribution < 1.29 is 66.6 Å². The summed E-state index contributed by atoms with van der Waals surface area (Å²) in [4.78, 5) is 0. The van der Waals surface area contributed by atoms with Crippen molar-refractivity contribution in [3.8, 4) is 5.75 Å². The van der Waals surface area contributed by atoms with Crippen LogP contribution in [0.15, 0.2) is 18.2 Å². The first kappa shape index (κ1) is 13.1. The molecule has 2 unspecified atom stereocenters. The summed E-state index contributed by atoms with van der Waals surface area (Å²) in [5.41, 5.74) is 1.25. The Morgan fingerprint density at radius 3 is 2.88 bits per heavy atom. The maximum absolute atomic E-state index is 13.0. The molecular weight excluding hydrogens is 233 g/mol. The molecule has 0 aromatic heterocycles. The second kappa shape index (κ2) is 5.50. The summed E-state index contributed by atoms with van der Waals surface area (Å²) in [7, 11) is 5.70. The van der Waals surface area contributed by atoms with Gasteiger partial charge >= 0.3 is 51.4 Å². The molecule has 2 nitrogen and oxygen atoms in total. The smallest absolute Gasteiger partial charge is 0.660 e. The molecule has 0 N–H and O–H groups in total. The maximum Gasteiger partial charge on any atom is 1.00 e. The van der Waals surface area contributed by atoms with Crippen molar-refractivity contribution in [2.75, 3.05) is 0 Å². The Bertz CT molecular complexity index is 405. The van der Waals surface area contributed by atoms with Crippen LogP contribution in [0.3, 0.4) is 0 Å². The normalized spacial score (nSPS) is 27.9. The Hall–Kier alpha value is 0.611. The van der Waals surface area contributed by atoms with E-state index in [0.717, 1.165) is 5.56 Å². The van der Waals surface area contributed by atoms with Gasteiger partial charge in [0, 0.05) is 6.10 Å². The standard InChI is InChI=1S/C11H11BFO2.K/c1-7-3-4-9(8(12)5-7)14-6-10-11(2,13)15-10;/h3-6,10H,1-2H3;/q-1;+1/i4D;. The Balaban J connectivity index is 0.00000144. The summed E-state index contributed by atoms with van der Waals surface area (Å²) >= 11 is 0. The Morgan fingerprint density at radius 1 is 1.75 bits per heavy atom. The van der Waals surface area contributed by atoms with E-state index in [1.54, 1.807) is 12.1 Å². The molecule has 0 amide bonds. The molecule has 78 valence electrons. The predicted molar refractivity (Wildman–Crippen MR) is 55.9 cm³/mol. The molecule has 1 aromatic carbocycles. The molecule has 1 fully saturated rings. The van der Waals surface area contributed by atoms with Gasteiger partial charge in [-0.1, -0.05) is 23.2 Å². The molecule has 16 heavy (non-hydrogen) atoms. The summed E-state index contributed by atoms with van der Waals surface area (Å²) < 4.78 is 30.5. The van der Waals surface area contributed by atoms with Crippen molar-refractivity contribution in [1.82, 2.24) is 0 Å². The van der Waals surface area contributed by atoms with E-state index in [2.05, 4.69) is 4.74 Å². The number of epoxide rings is 1. The van der Waals surface area contributed by atoms with Gasteiger partial charge in [0.15, 0.2) is 0 Å². The third-order valence-corrected chi connectivity index (χ3v) is 2.19. The fraction of sp³-hybridized carbons (Fsp3) is 0.364. The van der Waals surface area contributed by atoms with Gasteiger partial charge in [0.05, 0.1) is 7.12 Å². The van der Waals surface area contributed by atoms with Crippen LogP contribution in [0.2, 0.25) is 0 Å². The van der Waals surface area contributed by atoms with Gasteiger partial charge in [-0.05, 0) is 19.9 Å². The predicted octanol–water partition coefficient (Wildman–Crippen LogP) is -1.58. The van der Waals surface area contributed by atoms with Gasteiger partial charge in [0.1, 0.15) is 7.85 Å². The van der Waals surface area contributed by atoms with Crippen molar-refractivity contribution in [1.29, 1.82) is 0 Å². The Labute approximate surface area is 140 Å². The zero-order chi connectivity index (χ0) is 11.9. The Morgan fingerprint density at radius 2 is 2.38 bits per heavy atom. The van der Waals surface area contributed by atoms with Crippen molar-refractivity contribution in [2.45, 2.75) is 25.8 Å². The van der Waals surface area contributed by atoms with Gasteiger partial charge in [-0.15, -0.1) is 6.61 Å². The molecule has 0 spiro atoms. The van der Waals surface area contributed by atoms with E-state index in [0.29, 0.717) is 5.46 Å². The van der Waals surface area contributed by atoms with Crippen LogP contribution in [0, 0.1) is 13.5 Å². The van der Waals surface area contributed by atoms with E-state index in [4.69, 9.17) is 14.0 Å². The van der Waals surface area contributed by atoms with Gasteiger partial charge in [-0.3, -0.25) is 0 Å². The average Bonchev–Trinajstić information content (AvgIpc) is 2.72. The molecule has 1 aliphatic heterocycles. The third kappa shape index (κ3) is 3.55. The SMILES string of the molecule is [2H]c1cc(C)cc([B])c1O[CH-]C1OC1(C)F.[K+].